The standard InChI is InChI=1S/C21H21ClN2O2/c1-13(2)14-3-5-15(6-4-14)21(25)24-17-9-19(10-17)26-18-8-7-16(12-23)20(22)11-18/h3-8,11,13,17,19H,9-10H2,1-2H3,(H,24,25). The molecule has 26 heavy (non-hydrogen) atoms. The summed E-state index contributed by atoms with van der Waals surface area (Å²) in [4.78, 5) is 12.3. The summed E-state index contributed by atoms with van der Waals surface area (Å²) in [5.41, 5.74) is 2.33. The number of halogens is 1. The number of nitrogens with zero attached hydrogens (tertiary/aromatic N) is 1. The molecule has 0 bridgehead atoms. The molecule has 0 unspecified atom stereocenters. The van der Waals surface area contributed by atoms with Crippen LogP contribution in [0.15, 0.2) is 42.5 Å². The maximum atomic E-state index is 12.3. The van der Waals surface area contributed by atoms with E-state index in [2.05, 4.69) is 19.2 Å². The molecule has 1 fully saturated rings. The van der Waals surface area contributed by atoms with E-state index >= 15 is 0 Å². The fourth-order valence-corrected chi connectivity index (χ4v) is 3.13. The molecule has 1 N–H and O–H groups in total. The van der Waals surface area contributed by atoms with Gasteiger partial charge in [0.05, 0.1) is 10.6 Å². The lowest BCUT2D eigenvalue weighted by Crippen LogP contribution is -2.49. The number of carbonyl (C=O) groups excluding carboxylic acids is 1. The minimum absolute atomic E-state index is 0.0487. The van der Waals surface area contributed by atoms with Crippen molar-refractivity contribution in [2.24, 2.45) is 0 Å². The van der Waals surface area contributed by atoms with Crippen LogP contribution in [0.5, 0.6) is 5.75 Å². The first-order valence-electron chi connectivity index (χ1n) is 8.73. The number of amides is 1. The van der Waals surface area contributed by atoms with Crippen molar-refractivity contribution < 1.29 is 9.53 Å². The molecule has 1 aliphatic carbocycles. The predicted molar refractivity (Wildman–Crippen MR) is 102 cm³/mol. The third-order valence-corrected chi connectivity index (χ3v) is 4.95. The number of nitrogens with one attached hydrogen (secondary N) is 1. The lowest BCUT2D eigenvalue weighted by Gasteiger charge is -2.35. The maximum Gasteiger partial charge on any atom is 0.251 e. The van der Waals surface area contributed by atoms with Crippen molar-refractivity contribution in [3.8, 4) is 11.8 Å². The van der Waals surface area contributed by atoms with Crippen molar-refractivity contribution in [2.75, 3.05) is 0 Å². The summed E-state index contributed by atoms with van der Waals surface area (Å²) in [6, 6.07) is 14.9. The Hall–Kier alpha value is -2.51. The molecule has 0 atom stereocenters. The van der Waals surface area contributed by atoms with Crippen LogP contribution in [0.25, 0.3) is 0 Å². The van der Waals surface area contributed by atoms with Crippen LogP contribution in [-0.4, -0.2) is 18.1 Å². The quantitative estimate of drug-likeness (QED) is 0.833. The highest BCUT2D eigenvalue weighted by atomic mass is 35.5. The Kier molecular flexibility index (Phi) is 5.49. The third kappa shape index (κ3) is 4.17. The van der Waals surface area contributed by atoms with Gasteiger partial charge < -0.3 is 10.1 Å². The molecule has 0 spiro atoms. The van der Waals surface area contributed by atoms with Crippen LogP contribution in [0, 0.1) is 11.3 Å². The van der Waals surface area contributed by atoms with Gasteiger partial charge in [-0.25, -0.2) is 0 Å². The summed E-state index contributed by atoms with van der Waals surface area (Å²) in [5, 5.41) is 12.3. The normalized spacial score (nSPS) is 18.7. The molecular formula is C21H21ClN2O2. The Bertz CT molecular complexity index is 834. The molecule has 0 aliphatic heterocycles. The first kappa shape index (κ1) is 18.3. The number of nitriles is 1. The second-order valence-electron chi connectivity index (χ2n) is 6.91. The van der Waals surface area contributed by atoms with Crippen LogP contribution >= 0.6 is 11.6 Å². The minimum atomic E-state index is -0.0508. The molecule has 0 heterocycles. The molecule has 4 nitrogen and oxygen atoms in total. The van der Waals surface area contributed by atoms with Crippen molar-refractivity contribution in [1.29, 1.82) is 5.26 Å². The van der Waals surface area contributed by atoms with E-state index in [4.69, 9.17) is 21.6 Å². The van der Waals surface area contributed by atoms with Gasteiger partial charge in [-0.1, -0.05) is 37.6 Å². The fraction of sp³-hybridized carbons (Fsp3) is 0.333. The van der Waals surface area contributed by atoms with E-state index in [0.29, 0.717) is 27.8 Å². The van der Waals surface area contributed by atoms with Crippen LogP contribution in [0.3, 0.4) is 0 Å². The van der Waals surface area contributed by atoms with Crippen molar-refractivity contribution in [3.05, 3.63) is 64.2 Å². The maximum absolute atomic E-state index is 12.3. The zero-order valence-electron chi connectivity index (χ0n) is 14.8. The molecule has 1 amide bonds. The first-order chi connectivity index (χ1) is 12.5. The molecule has 2 aromatic carbocycles. The molecule has 3 rings (SSSR count). The van der Waals surface area contributed by atoms with Crippen LogP contribution in [0.4, 0.5) is 0 Å². The zero-order chi connectivity index (χ0) is 18.7. The van der Waals surface area contributed by atoms with Gasteiger partial charge in [-0.3, -0.25) is 4.79 Å². The highest BCUT2D eigenvalue weighted by Crippen LogP contribution is 2.29. The Morgan fingerprint density at radius 1 is 1.23 bits per heavy atom. The van der Waals surface area contributed by atoms with Crippen molar-refractivity contribution in [2.45, 2.75) is 44.8 Å². The van der Waals surface area contributed by atoms with Gasteiger partial charge >= 0.3 is 0 Å². The Morgan fingerprint density at radius 3 is 2.50 bits per heavy atom. The van der Waals surface area contributed by atoms with Gasteiger partial charge in [-0.2, -0.15) is 5.26 Å². The fourth-order valence-electron chi connectivity index (χ4n) is 2.92. The summed E-state index contributed by atoms with van der Waals surface area (Å²) in [5.74, 6) is 1.05. The average molecular weight is 369 g/mol. The van der Waals surface area contributed by atoms with Gasteiger partial charge in [0.1, 0.15) is 17.9 Å². The van der Waals surface area contributed by atoms with Crippen molar-refractivity contribution >= 4 is 17.5 Å². The summed E-state index contributed by atoms with van der Waals surface area (Å²) in [6.07, 6.45) is 1.56. The van der Waals surface area contributed by atoms with Crippen molar-refractivity contribution in [3.63, 3.8) is 0 Å². The van der Waals surface area contributed by atoms with Gasteiger partial charge in [0.2, 0.25) is 0 Å². The van der Waals surface area contributed by atoms with Crippen molar-refractivity contribution in [1.82, 2.24) is 5.32 Å². The number of rotatable bonds is 5. The van der Waals surface area contributed by atoms with Crippen LogP contribution in [0.1, 0.15) is 54.1 Å². The number of benzene rings is 2. The van der Waals surface area contributed by atoms with E-state index in [1.54, 1.807) is 18.2 Å². The Morgan fingerprint density at radius 2 is 1.92 bits per heavy atom. The second kappa shape index (κ2) is 7.80. The van der Waals surface area contributed by atoms with E-state index in [1.807, 2.05) is 30.3 Å². The van der Waals surface area contributed by atoms with Crippen LogP contribution in [0.2, 0.25) is 5.02 Å². The molecule has 1 saturated carbocycles. The molecular weight excluding hydrogens is 348 g/mol. The zero-order valence-corrected chi connectivity index (χ0v) is 15.6. The minimum Gasteiger partial charge on any atom is -0.490 e. The molecule has 0 saturated heterocycles. The highest BCUT2D eigenvalue weighted by molar-refractivity contribution is 6.31. The topological polar surface area (TPSA) is 62.1 Å². The van der Waals surface area contributed by atoms with Gasteiger partial charge in [-0.05, 0) is 35.7 Å². The van der Waals surface area contributed by atoms with Crippen LogP contribution < -0.4 is 10.1 Å². The highest BCUT2D eigenvalue weighted by Gasteiger charge is 2.32. The third-order valence-electron chi connectivity index (χ3n) is 4.63. The number of hydrogen-bond acceptors (Lipinski definition) is 3. The second-order valence-corrected chi connectivity index (χ2v) is 7.32. The average Bonchev–Trinajstić information content (AvgIpc) is 2.60. The summed E-state index contributed by atoms with van der Waals surface area (Å²) in [7, 11) is 0. The van der Waals surface area contributed by atoms with E-state index in [0.717, 1.165) is 12.8 Å². The first-order valence-corrected chi connectivity index (χ1v) is 9.11. The summed E-state index contributed by atoms with van der Waals surface area (Å²) in [6.45, 7) is 4.26. The number of ether oxygens (including phenoxy) is 1. The van der Waals surface area contributed by atoms with Gasteiger partial charge in [-0.15, -0.1) is 0 Å². The summed E-state index contributed by atoms with van der Waals surface area (Å²) < 4.78 is 5.85. The Labute approximate surface area is 158 Å². The lowest BCUT2D eigenvalue weighted by molar-refractivity contribution is 0.0701. The monoisotopic (exact) mass is 368 g/mol. The lowest BCUT2D eigenvalue weighted by atomic mass is 9.89. The van der Waals surface area contributed by atoms with E-state index in [9.17, 15) is 4.79 Å². The van der Waals surface area contributed by atoms with E-state index in [1.165, 1.54) is 5.56 Å². The molecule has 0 aromatic heterocycles. The predicted octanol–water partition coefficient (Wildman–Crippen LogP) is 4.67. The smallest absolute Gasteiger partial charge is 0.251 e. The largest absolute Gasteiger partial charge is 0.490 e. The SMILES string of the molecule is CC(C)c1ccc(C(=O)NC2CC(Oc3ccc(C#N)c(Cl)c3)C2)cc1. The van der Waals surface area contributed by atoms with Crippen LogP contribution in [-0.2, 0) is 0 Å². The molecule has 5 heteroatoms. The number of hydrogen-bond donors (Lipinski definition) is 1. The molecule has 2 aromatic rings. The number of carbonyl (C=O) groups is 1. The van der Waals surface area contributed by atoms with Gasteiger partial charge in [0.15, 0.2) is 0 Å². The van der Waals surface area contributed by atoms with Gasteiger partial charge in [0.25, 0.3) is 5.91 Å². The summed E-state index contributed by atoms with van der Waals surface area (Å²) >= 11 is 6.01. The van der Waals surface area contributed by atoms with E-state index < -0.39 is 0 Å². The molecule has 0 radical (unpaired) electrons. The Balaban J connectivity index is 1.48. The molecule has 134 valence electrons. The van der Waals surface area contributed by atoms with Gasteiger partial charge in [0, 0.05) is 30.5 Å². The molecule has 1 aliphatic rings. The van der Waals surface area contributed by atoms with E-state index in [-0.39, 0.29) is 18.1 Å².